The van der Waals surface area contributed by atoms with Crippen LogP contribution in [0.1, 0.15) is 18.4 Å². The first kappa shape index (κ1) is 9.68. The van der Waals surface area contributed by atoms with Gasteiger partial charge in [-0.3, -0.25) is 0 Å². The molecule has 2 saturated heterocycles. The molecule has 0 amide bonds. The molecule has 0 spiro atoms. The summed E-state index contributed by atoms with van der Waals surface area (Å²) in [6.07, 6.45) is 4.05. The highest BCUT2D eigenvalue weighted by Crippen LogP contribution is 2.49. The lowest BCUT2D eigenvalue weighted by Gasteiger charge is -2.53. The Morgan fingerprint density at radius 3 is 2.60 bits per heavy atom. The third-order valence-electron chi connectivity index (χ3n) is 3.87. The third-order valence-corrected chi connectivity index (χ3v) is 4.12. The normalized spacial score (nSPS) is 33.5. The number of rotatable bonds is 2. The molecule has 1 aliphatic carbocycles. The summed E-state index contributed by atoms with van der Waals surface area (Å²) in [6, 6.07) is 8.33. The van der Waals surface area contributed by atoms with Crippen molar-refractivity contribution in [3.63, 3.8) is 0 Å². The lowest BCUT2D eigenvalue weighted by molar-refractivity contribution is 0.0145. The fourth-order valence-electron chi connectivity index (χ4n) is 3.24. The number of piperidine rings is 2. The van der Waals surface area contributed by atoms with Gasteiger partial charge < -0.3 is 5.32 Å². The maximum Gasteiger partial charge on any atom is 0.0406 e. The number of fused-ring (bicyclic) bond motifs is 2. The predicted octanol–water partition coefficient (Wildman–Crippen LogP) is 2.88. The van der Waals surface area contributed by atoms with Crippen molar-refractivity contribution in [2.45, 2.75) is 19.3 Å². The quantitative estimate of drug-likeness (QED) is 0.810. The zero-order valence-electron chi connectivity index (χ0n) is 8.80. The van der Waals surface area contributed by atoms with Gasteiger partial charge in [-0.2, -0.15) is 0 Å². The largest absolute Gasteiger partial charge is 0.316 e. The van der Waals surface area contributed by atoms with Gasteiger partial charge in [0.25, 0.3) is 0 Å². The molecule has 1 aromatic rings. The first-order chi connectivity index (χ1) is 7.26. The topological polar surface area (TPSA) is 12.0 Å². The van der Waals surface area contributed by atoms with E-state index in [0.29, 0.717) is 5.41 Å². The summed E-state index contributed by atoms with van der Waals surface area (Å²) in [6.45, 7) is 2.44. The van der Waals surface area contributed by atoms with E-state index in [-0.39, 0.29) is 0 Å². The van der Waals surface area contributed by atoms with E-state index in [1.807, 2.05) is 12.1 Å². The van der Waals surface area contributed by atoms with Crippen LogP contribution in [0.25, 0.3) is 0 Å². The molecule has 2 bridgehead atoms. The van der Waals surface area contributed by atoms with Gasteiger partial charge in [-0.15, -0.1) is 0 Å². The fraction of sp³-hybridized carbons (Fsp3) is 0.538. The number of hydrogen-bond donors (Lipinski definition) is 1. The molecule has 2 heterocycles. The summed E-state index contributed by atoms with van der Waals surface area (Å²) < 4.78 is 0. The maximum atomic E-state index is 5.89. The predicted molar refractivity (Wildman–Crippen MR) is 63.2 cm³/mol. The van der Waals surface area contributed by atoms with Crippen LogP contribution in [-0.4, -0.2) is 13.1 Å². The van der Waals surface area contributed by atoms with E-state index in [1.165, 1.54) is 37.9 Å². The lowest BCUT2D eigenvalue weighted by atomic mass is 9.57. The van der Waals surface area contributed by atoms with E-state index < -0.39 is 0 Å². The summed E-state index contributed by atoms with van der Waals surface area (Å²) in [5, 5.41) is 4.37. The molecule has 0 aromatic heterocycles. The van der Waals surface area contributed by atoms with Gasteiger partial charge in [0.05, 0.1) is 0 Å². The second-order valence-electron chi connectivity index (χ2n) is 5.21. The molecular weight excluding hydrogens is 206 g/mol. The molecule has 15 heavy (non-hydrogen) atoms. The summed E-state index contributed by atoms with van der Waals surface area (Å²) in [7, 11) is 0. The third kappa shape index (κ3) is 1.79. The van der Waals surface area contributed by atoms with Crippen LogP contribution in [0.3, 0.4) is 0 Å². The van der Waals surface area contributed by atoms with E-state index in [0.717, 1.165) is 10.9 Å². The summed E-state index contributed by atoms with van der Waals surface area (Å²) in [4.78, 5) is 0. The van der Waals surface area contributed by atoms with Crippen molar-refractivity contribution in [2.75, 3.05) is 13.1 Å². The Kier molecular flexibility index (Phi) is 2.26. The minimum atomic E-state index is 0.566. The second kappa shape index (κ2) is 3.50. The molecule has 4 rings (SSSR count). The Morgan fingerprint density at radius 1 is 1.27 bits per heavy atom. The zero-order chi connectivity index (χ0) is 10.3. The Balaban J connectivity index is 1.72. The van der Waals surface area contributed by atoms with Crippen molar-refractivity contribution < 1.29 is 0 Å². The van der Waals surface area contributed by atoms with Crippen molar-refractivity contribution in [1.29, 1.82) is 0 Å². The van der Waals surface area contributed by atoms with Crippen LogP contribution in [0.15, 0.2) is 24.3 Å². The first-order valence-electron chi connectivity index (χ1n) is 5.71. The van der Waals surface area contributed by atoms with Crippen LogP contribution in [0.4, 0.5) is 0 Å². The fourth-order valence-corrected chi connectivity index (χ4v) is 3.36. The second-order valence-corrected chi connectivity index (χ2v) is 5.64. The number of hydrogen-bond acceptors (Lipinski definition) is 1. The molecule has 0 unspecified atom stereocenters. The number of nitrogens with one attached hydrogen (secondary N) is 1. The summed E-state index contributed by atoms with van der Waals surface area (Å²) in [5.41, 5.74) is 2.00. The van der Waals surface area contributed by atoms with Crippen molar-refractivity contribution in [3.05, 3.63) is 34.9 Å². The molecule has 2 heteroatoms. The Morgan fingerprint density at radius 2 is 2.00 bits per heavy atom. The number of halogens is 1. The van der Waals surface area contributed by atoms with Crippen LogP contribution < -0.4 is 5.32 Å². The van der Waals surface area contributed by atoms with Crippen molar-refractivity contribution in [3.8, 4) is 0 Å². The molecule has 1 N–H and O–H groups in total. The van der Waals surface area contributed by atoms with Gasteiger partial charge in [0.1, 0.15) is 0 Å². The van der Waals surface area contributed by atoms with Crippen LogP contribution >= 0.6 is 11.6 Å². The number of benzene rings is 1. The molecule has 1 nitrogen and oxygen atoms in total. The van der Waals surface area contributed by atoms with E-state index in [2.05, 4.69) is 17.4 Å². The monoisotopic (exact) mass is 221 g/mol. The van der Waals surface area contributed by atoms with Crippen molar-refractivity contribution >= 4 is 11.6 Å². The molecule has 2 aliphatic heterocycles. The Hall–Kier alpha value is -0.530. The highest BCUT2D eigenvalue weighted by atomic mass is 35.5. The van der Waals surface area contributed by atoms with Gasteiger partial charge in [0.15, 0.2) is 0 Å². The molecule has 1 aromatic carbocycles. The smallest absolute Gasteiger partial charge is 0.0406 e. The van der Waals surface area contributed by atoms with Crippen LogP contribution in [0, 0.1) is 11.3 Å². The van der Waals surface area contributed by atoms with Crippen LogP contribution in [0.5, 0.6) is 0 Å². The highest BCUT2D eigenvalue weighted by Gasteiger charge is 2.46. The van der Waals surface area contributed by atoms with Crippen molar-refractivity contribution in [1.82, 2.24) is 5.32 Å². The van der Waals surface area contributed by atoms with Gasteiger partial charge in [-0.1, -0.05) is 23.7 Å². The molecule has 1 saturated carbocycles. The SMILES string of the molecule is Clc1ccc(CC23CNCC(C2)C3)cc1. The molecular formula is C13H16ClN. The maximum absolute atomic E-state index is 5.89. The average molecular weight is 222 g/mol. The lowest BCUT2D eigenvalue weighted by Crippen LogP contribution is -2.55. The van der Waals surface area contributed by atoms with Gasteiger partial charge in [-0.05, 0) is 54.8 Å². The van der Waals surface area contributed by atoms with E-state index >= 15 is 0 Å². The standard InChI is InChI=1S/C13H16ClN/c14-12-3-1-10(2-4-12)5-13-6-11(7-13)8-15-9-13/h1-4,11,15H,5-9H2. The molecule has 80 valence electrons. The van der Waals surface area contributed by atoms with Crippen LogP contribution in [0.2, 0.25) is 5.02 Å². The molecule has 3 fully saturated rings. The van der Waals surface area contributed by atoms with Gasteiger partial charge in [0, 0.05) is 11.6 Å². The van der Waals surface area contributed by atoms with Gasteiger partial charge in [0.2, 0.25) is 0 Å². The minimum absolute atomic E-state index is 0.566. The zero-order valence-corrected chi connectivity index (χ0v) is 9.56. The Bertz CT molecular complexity index is 346. The van der Waals surface area contributed by atoms with Gasteiger partial charge in [-0.25, -0.2) is 0 Å². The van der Waals surface area contributed by atoms with Crippen LogP contribution in [-0.2, 0) is 6.42 Å². The summed E-state index contributed by atoms with van der Waals surface area (Å²) in [5.74, 6) is 0.950. The average Bonchev–Trinajstić information content (AvgIpc) is 2.21. The van der Waals surface area contributed by atoms with Gasteiger partial charge >= 0.3 is 0 Å². The minimum Gasteiger partial charge on any atom is -0.316 e. The molecule has 3 aliphatic rings. The van der Waals surface area contributed by atoms with E-state index in [9.17, 15) is 0 Å². The van der Waals surface area contributed by atoms with E-state index in [1.54, 1.807) is 0 Å². The summed E-state index contributed by atoms with van der Waals surface area (Å²) >= 11 is 5.89. The van der Waals surface area contributed by atoms with Crippen molar-refractivity contribution in [2.24, 2.45) is 11.3 Å². The first-order valence-corrected chi connectivity index (χ1v) is 6.09. The van der Waals surface area contributed by atoms with E-state index in [4.69, 9.17) is 11.6 Å². The molecule has 0 radical (unpaired) electrons. The molecule has 0 atom stereocenters. The highest BCUT2D eigenvalue weighted by molar-refractivity contribution is 6.30. The Labute approximate surface area is 95.8 Å².